The van der Waals surface area contributed by atoms with Crippen LogP contribution in [0, 0.1) is 0 Å². The Kier molecular flexibility index (Phi) is 8.57. The smallest absolute Gasteiger partial charge is 0.383 e. The lowest BCUT2D eigenvalue weighted by molar-refractivity contribution is -0.137. The van der Waals surface area contributed by atoms with E-state index < -0.39 is 26.8 Å². The Morgan fingerprint density at radius 3 is 2.34 bits per heavy atom. The first-order valence-electron chi connectivity index (χ1n) is 10.2. The number of benzene rings is 3. The molecule has 0 aliphatic heterocycles. The first kappa shape index (κ1) is 26.7. The molecule has 35 heavy (non-hydrogen) atoms. The van der Waals surface area contributed by atoms with E-state index in [1.165, 1.54) is 30.2 Å². The van der Waals surface area contributed by atoms with E-state index in [2.05, 4.69) is 15.9 Å². The zero-order valence-corrected chi connectivity index (χ0v) is 20.9. The molecule has 0 saturated carbocycles. The van der Waals surface area contributed by atoms with Crippen LogP contribution >= 0.6 is 15.9 Å². The molecule has 0 radical (unpaired) electrons. The second kappa shape index (κ2) is 11.2. The molecule has 0 aliphatic carbocycles. The van der Waals surface area contributed by atoms with Crippen molar-refractivity contribution in [2.24, 2.45) is 0 Å². The first-order valence-corrected chi connectivity index (χ1v) is 12.4. The van der Waals surface area contributed by atoms with Gasteiger partial charge in [0.2, 0.25) is 0 Å². The number of alkyl halides is 3. The van der Waals surface area contributed by atoms with Gasteiger partial charge in [-0.05, 0) is 60.2 Å². The molecule has 0 aliphatic rings. The van der Waals surface area contributed by atoms with Crippen LogP contribution in [-0.4, -0.2) is 39.5 Å². The van der Waals surface area contributed by atoms with E-state index in [4.69, 9.17) is 8.92 Å². The van der Waals surface area contributed by atoms with Gasteiger partial charge in [0.15, 0.2) is 0 Å². The molecule has 3 aromatic carbocycles. The zero-order valence-electron chi connectivity index (χ0n) is 18.5. The summed E-state index contributed by atoms with van der Waals surface area (Å²) in [6, 6.07) is 16.1. The average molecular weight is 572 g/mol. The quantitative estimate of drug-likeness (QED) is 0.316. The van der Waals surface area contributed by atoms with Gasteiger partial charge in [-0.25, -0.2) is 0 Å². The minimum atomic E-state index is -4.70. The van der Waals surface area contributed by atoms with Gasteiger partial charge in [0.25, 0.3) is 5.91 Å². The first-order chi connectivity index (χ1) is 16.5. The molecular weight excluding hydrogens is 551 g/mol. The average Bonchev–Trinajstić information content (AvgIpc) is 2.81. The van der Waals surface area contributed by atoms with Crippen LogP contribution in [0.2, 0.25) is 0 Å². The highest BCUT2D eigenvalue weighted by Gasteiger charge is 2.32. The van der Waals surface area contributed by atoms with E-state index in [1.54, 1.807) is 30.3 Å². The van der Waals surface area contributed by atoms with Crippen molar-refractivity contribution in [2.45, 2.75) is 17.6 Å². The Labute approximate surface area is 209 Å². The van der Waals surface area contributed by atoms with Gasteiger partial charge >= 0.3 is 16.3 Å². The van der Waals surface area contributed by atoms with Crippen LogP contribution in [0.1, 0.15) is 21.5 Å². The van der Waals surface area contributed by atoms with Crippen LogP contribution in [0.25, 0.3) is 0 Å². The van der Waals surface area contributed by atoms with Crippen molar-refractivity contribution >= 4 is 32.0 Å². The number of methoxy groups -OCH3 is 1. The van der Waals surface area contributed by atoms with Gasteiger partial charge in [-0.1, -0.05) is 34.1 Å². The van der Waals surface area contributed by atoms with E-state index in [9.17, 15) is 26.4 Å². The van der Waals surface area contributed by atoms with E-state index in [0.717, 1.165) is 22.7 Å². The summed E-state index contributed by atoms with van der Waals surface area (Å²) in [6.07, 6.45) is -4.70. The maximum Gasteiger partial charge on any atom is 0.416 e. The lowest BCUT2D eigenvalue weighted by Gasteiger charge is -2.23. The van der Waals surface area contributed by atoms with Crippen molar-refractivity contribution in [1.29, 1.82) is 0 Å². The lowest BCUT2D eigenvalue weighted by atomic mass is 10.1. The maximum absolute atomic E-state index is 13.0. The number of carbonyl (C=O) groups excluding carboxylic acids is 1. The molecule has 0 aromatic heterocycles. The third-order valence-corrected chi connectivity index (χ3v) is 6.64. The topological polar surface area (TPSA) is 72.9 Å². The van der Waals surface area contributed by atoms with Gasteiger partial charge in [-0.2, -0.15) is 21.6 Å². The SMILES string of the molecule is COCCN(Cc1cccc(OS(=O)(=O)c2cccc(C(F)(F)F)c2)c1)C(=O)c1ccc(Br)cc1. The van der Waals surface area contributed by atoms with Crippen molar-refractivity contribution in [3.8, 4) is 5.75 Å². The molecule has 186 valence electrons. The Morgan fingerprint density at radius 1 is 1.00 bits per heavy atom. The molecule has 6 nitrogen and oxygen atoms in total. The third-order valence-electron chi connectivity index (χ3n) is 4.87. The predicted octanol–water partition coefficient (Wildman–Crippen LogP) is 5.52. The summed E-state index contributed by atoms with van der Waals surface area (Å²) in [6.45, 7) is 0.681. The summed E-state index contributed by atoms with van der Waals surface area (Å²) < 4.78 is 75.1. The van der Waals surface area contributed by atoms with Crippen LogP contribution in [0.3, 0.4) is 0 Å². The number of halogens is 4. The largest absolute Gasteiger partial charge is 0.416 e. The van der Waals surface area contributed by atoms with Crippen LogP contribution < -0.4 is 4.18 Å². The molecule has 0 N–H and O–H groups in total. The van der Waals surface area contributed by atoms with Crippen LogP contribution in [0.5, 0.6) is 5.75 Å². The molecule has 0 heterocycles. The highest BCUT2D eigenvalue weighted by Crippen LogP contribution is 2.31. The predicted molar refractivity (Wildman–Crippen MR) is 126 cm³/mol. The summed E-state index contributed by atoms with van der Waals surface area (Å²) in [7, 11) is -3.01. The second-order valence-electron chi connectivity index (χ2n) is 7.44. The second-order valence-corrected chi connectivity index (χ2v) is 9.90. The van der Waals surface area contributed by atoms with Crippen molar-refractivity contribution < 1.29 is 35.3 Å². The summed E-state index contributed by atoms with van der Waals surface area (Å²) in [5.74, 6) is -0.347. The Morgan fingerprint density at radius 2 is 1.69 bits per heavy atom. The van der Waals surface area contributed by atoms with Gasteiger partial charge in [0.05, 0.1) is 12.2 Å². The number of carbonyl (C=O) groups is 1. The number of nitrogens with zero attached hydrogens (tertiary/aromatic N) is 1. The molecule has 1 amide bonds. The lowest BCUT2D eigenvalue weighted by Crippen LogP contribution is -2.33. The van der Waals surface area contributed by atoms with Crippen molar-refractivity contribution in [3.63, 3.8) is 0 Å². The maximum atomic E-state index is 13.0. The molecule has 0 unspecified atom stereocenters. The Bertz CT molecular complexity index is 1280. The monoisotopic (exact) mass is 571 g/mol. The van der Waals surface area contributed by atoms with Gasteiger partial charge in [-0.3, -0.25) is 4.79 Å². The highest BCUT2D eigenvalue weighted by atomic mass is 79.9. The minimum Gasteiger partial charge on any atom is -0.383 e. The number of hydrogen-bond acceptors (Lipinski definition) is 5. The molecule has 0 bridgehead atoms. The number of hydrogen-bond donors (Lipinski definition) is 0. The van der Waals surface area contributed by atoms with Gasteiger partial charge in [-0.15, -0.1) is 0 Å². The van der Waals surface area contributed by atoms with Crippen LogP contribution in [0.15, 0.2) is 82.2 Å². The molecule has 0 saturated heterocycles. The van der Waals surface area contributed by atoms with Crippen molar-refractivity contribution in [2.75, 3.05) is 20.3 Å². The molecule has 11 heteroatoms. The fourth-order valence-electron chi connectivity index (χ4n) is 3.15. The van der Waals surface area contributed by atoms with E-state index in [-0.39, 0.29) is 31.4 Å². The van der Waals surface area contributed by atoms with E-state index in [1.807, 2.05) is 0 Å². The fraction of sp³-hybridized carbons (Fsp3) is 0.208. The molecule has 0 spiro atoms. The highest BCUT2D eigenvalue weighted by molar-refractivity contribution is 9.10. The summed E-state index contributed by atoms with van der Waals surface area (Å²) in [4.78, 5) is 13.9. The third kappa shape index (κ3) is 7.30. The summed E-state index contributed by atoms with van der Waals surface area (Å²) in [5, 5.41) is 0. The minimum absolute atomic E-state index is 0.0947. The Balaban J connectivity index is 1.81. The molecule has 0 atom stereocenters. The number of ether oxygens (including phenoxy) is 1. The molecular formula is C24H21BrF3NO5S. The summed E-state index contributed by atoms with van der Waals surface area (Å²) >= 11 is 3.33. The number of rotatable bonds is 9. The normalized spacial score (nSPS) is 11.8. The molecule has 3 aromatic rings. The number of amides is 1. The zero-order chi connectivity index (χ0) is 25.6. The van der Waals surface area contributed by atoms with Crippen LogP contribution in [0.4, 0.5) is 13.2 Å². The standard InChI is InChI=1S/C24H21BrF3NO5S/c1-33-13-12-29(23(30)18-8-10-20(25)11-9-18)16-17-4-2-6-21(14-17)34-35(31,32)22-7-3-5-19(15-22)24(26,27)28/h2-11,14-15H,12-13,16H2,1H3. The van der Waals surface area contributed by atoms with Crippen molar-refractivity contribution in [3.05, 3.63) is 94.0 Å². The Hall–Kier alpha value is -2.89. The van der Waals surface area contributed by atoms with Gasteiger partial charge in [0, 0.05) is 30.2 Å². The van der Waals surface area contributed by atoms with Crippen LogP contribution in [-0.2, 0) is 27.6 Å². The van der Waals surface area contributed by atoms with E-state index >= 15 is 0 Å². The fourth-order valence-corrected chi connectivity index (χ4v) is 4.38. The van der Waals surface area contributed by atoms with Gasteiger partial charge < -0.3 is 13.8 Å². The molecule has 3 rings (SSSR count). The summed E-state index contributed by atoms with van der Waals surface area (Å²) in [5.41, 5.74) is -0.0803. The van der Waals surface area contributed by atoms with Crippen molar-refractivity contribution in [1.82, 2.24) is 4.90 Å². The van der Waals surface area contributed by atoms with Gasteiger partial charge in [0.1, 0.15) is 10.6 Å². The molecule has 0 fully saturated rings. The van der Waals surface area contributed by atoms with E-state index in [0.29, 0.717) is 17.2 Å².